The summed E-state index contributed by atoms with van der Waals surface area (Å²) in [5.74, 6) is 0.359. The maximum absolute atomic E-state index is 13.2. The van der Waals surface area contributed by atoms with Crippen molar-refractivity contribution in [2.24, 2.45) is 0 Å². The highest BCUT2D eigenvalue weighted by molar-refractivity contribution is 6.31. The number of piperidine rings is 1. The molecule has 0 bridgehead atoms. The van der Waals surface area contributed by atoms with Gasteiger partial charge in [0, 0.05) is 58.9 Å². The number of benzene rings is 2. The van der Waals surface area contributed by atoms with Crippen molar-refractivity contribution in [1.82, 2.24) is 14.4 Å². The zero-order chi connectivity index (χ0) is 20.2. The third-order valence-corrected chi connectivity index (χ3v) is 7.20. The number of amides is 2. The van der Waals surface area contributed by atoms with Crippen molar-refractivity contribution in [2.75, 3.05) is 20.1 Å². The van der Waals surface area contributed by atoms with Gasteiger partial charge in [0.15, 0.2) is 0 Å². The molecule has 2 aromatic carbocycles. The van der Waals surface area contributed by atoms with E-state index < -0.39 is 0 Å². The molecule has 0 atom stereocenters. The van der Waals surface area contributed by atoms with Crippen LogP contribution >= 0.6 is 11.6 Å². The van der Waals surface area contributed by atoms with Gasteiger partial charge >= 0.3 is 0 Å². The number of fused-ring (bicyclic) bond motifs is 3. The van der Waals surface area contributed by atoms with E-state index in [2.05, 4.69) is 16.7 Å². The molecule has 2 fully saturated rings. The molecule has 1 aromatic heterocycles. The molecule has 2 saturated heterocycles. The summed E-state index contributed by atoms with van der Waals surface area (Å²) >= 11 is 6.22. The molecule has 29 heavy (non-hydrogen) atoms. The summed E-state index contributed by atoms with van der Waals surface area (Å²) < 4.78 is 2.10. The Morgan fingerprint density at radius 3 is 2.48 bits per heavy atom. The molecule has 3 heterocycles. The smallest absolute Gasteiger partial charge is 0.242 e. The van der Waals surface area contributed by atoms with E-state index in [1.54, 1.807) is 0 Å². The number of carbonyl (C=O) groups excluding carboxylic acids is 2. The first-order valence-electron chi connectivity index (χ1n) is 10.2. The van der Waals surface area contributed by atoms with Gasteiger partial charge < -0.3 is 14.4 Å². The summed E-state index contributed by atoms with van der Waals surface area (Å²) in [4.78, 5) is 29.0. The van der Waals surface area contributed by atoms with Crippen molar-refractivity contribution in [1.29, 1.82) is 0 Å². The molecule has 2 amide bonds. The van der Waals surface area contributed by atoms with Crippen LogP contribution in [-0.4, -0.2) is 51.9 Å². The predicted octanol–water partition coefficient (Wildman–Crippen LogP) is 4.06. The first kappa shape index (κ1) is 18.5. The van der Waals surface area contributed by atoms with E-state index in [0.29, 0.717) is 31.1 Å². The van der Waals surface area contributed by atoms with Crippen LogP contribution in [0.3, 0.4) is 0 Å². The van der Waals surface area contributed by atoms with Crippen LogP contribution in [0.15, 0.2) is 42.5 Å². The van der Waals surface area contributed by atoms with Gasteiger partial charge in [-0.1, -0.05) is 29.8 Å². The van der Waals surface area contributed by atoms with E-state index in [1.807, 2.05) is 47.2 Å². The van der Waals surface area contributed by atoms with Crippen LogP contribution in [-0.2, 0) is 16.1 Å². The van der Waals surface area contributed by atoms with Gasteiger partial charge in [0.1, 0.15) is 6.54 Å². The van der Waals surface area contributed by atoms with E-state index in [9.17, 15) is 9.59 Å². The number of likely N-dealkylation sites (tertiary alicyclic amines) is 2. The SMILES string of the molecule is CN1C(=O)CCC12CCN(C(=O)Cn1c3ccccc3c3cc(Cl)ccc31)CC2. The van der Waals surface area contributed by atoms with Gasteiger partial charge in [-0.05, 0) is 43.5 Å². The zero-order valence-electron chi connectivity index (χ0n) is 16.5. The average Bonchev–Trinajstić information content (AvgIpc) is 3.18. The number of halogens is 1. The molecule has 5 nitrogen and oxygen atoms in total. The van der Waals surface area contributed by atoms with Crippen molar-refractivity contribution in [3.63, 3.8) is 0 Å². The number of nitrogens with zero attached hydrogens (tertiary/aromatic N) is 3. The average molecular weight is 410 g/mol. The Bertz CT molecular complexity index is 1130. The molecule has 2 aliphatic heterocycles. The molecular formula is C23H24ClN3O2. The molecule has 2 aliphatic rings. The van der Waals surface area contributed by atoms with E-state index in [-0.39, 0.29) is 17.4 Å². The van der Waals surface area contributed by atoms with Crippen LogP contribution in [0.1, 0.15) is 25.7 Å². The number of para-hydroxylation sites is 1. The summed E-state index contributed by atoms with van der Waals surface area (Å²) in [6, 6.07) is 14.0. The minimum atomic E-state index is -0.0442. The number of rotatable bonds is 2. The molecule has 5 rings (SSSR count). The molecule has 0 N–H and O–H groups in total. The lowest BCUT2D eigenvalue weighted by molar-refractivity contribution is -0.135. The van der Waals surface area contributed by atoms with E-state index in [4.69, 9.17) is 11.6 Å². The van der Waals surface area contributed by atoms with Crippen LogP contribution in [0.25, 0.3) is 21.8 Å². The molecule has 3 aromatic rings. The number of carbonyl (C=O) groups is 2. The van der Waals surface area contributed by atoms with Crippen molar-refractivity contribution in [2.45, 2.75) is 37.8 Å². The monoisotopic (exact) mass is 409 g/mol. The van der Waals surface area contributed by atoms with Crippen LogP contribution < -0.4 is 0 Å². The largest absolute Gasteiger partial charge is 0.341 e. The number of hydrogen-bond donors (Lipinski definition) is 0. The predicted molar refractivity (Wildman–Crippen MR) is 115 cm³/mol. The second kappa shape index (κ2) is 6.77. The Balaban J connectivity index is 1.40. The second-order valence-electron chi connectivity index (χ2n) is 8.32. The van der Waals surface area contributed by atoms with Gasteiger partial charge in [-0.2, -0.15) is 0 Å². The molecule has 6 heteroatoms. The minimum absolute atomic E-state index is 0.0442. The molecule has 0 unspecified atom stereocenters. The lowest BCUT2D eigenvalue weighted by atomic mass is 9.85. The fourth-order valence-electron chi connectivity index (χ4n) is 5.13. The fraction of sp³-hybridized carbons (Fsp3) is 0.391. The van der Waals surface area contributed by atoms with E-state index >= 15 is 0 Å². The Labute approximate surface area is 174 Å². The lowest BCUT2D eigenvalue weighted by Gasteiger charge is -2.43. The van der Waals surface area contributed by atoms with Crippen LogP contribution in [0, 0.1) is 0 Å². The first-order valence-corrected chi connectivity index (χ1v) is 10.6. The Hall–Kier alpha value is -2.53. The standard InChI is InChI=1S/C23H24ClN3O2/c1-25-21(28)8-9-23(25)10-12-26(13-11-23)22(29)15-27-19-5-3-2-4-17(19)18-14-16(24)6-7-20(18)27/h2-7,14H,8-13,15H2,1H3. The van der Waals surface area contributed by atoms with E-state index in [1.165, 1.54) is 0 Å². The van der Waals surface area contributed by atoms with Gasteiger partial charge in [0.2, 0.25) is 11.8 Å². The third-order valence-electron chi connectivity index (χ3n) is 6.96. The maximum Gasteiger partial charge on any atom is 0.242 e. The van der Waals surface area contributed by atoms with Crippen molar-refractivity contribution in [3.8, 4) is 0 Å². The highest BCUT2D eigenvalue weighted by atomic mass is 35.5. The normalized spacial score (nSPS) is 19.0. The van der Waals surface area contributed by atoms with Gasteiger partial charge in [0.25, 0.3) is 0 Å². The quantitative estimate of drug-likeness (QED) is 0.640. The van der Waals surface area contributed by atoms with Crippen molar-refractivity contribution < 1.29 is 9.59 Å². The molecule has 0 aliphatic carbocycles. The second-order valence-corrected chi connectivity index (χ2v) is 8.76. The third kappa shape index (κ3) is 2.91. The summed E-state index contributed by atoms with van der Waals surface area (Å²) in [6.07, 6.45) is 3.28. The lowest BCUT2D eigenvalue weighted by Crippen LogP contribution is -2.53. The Morgan fingerprint density at radius 1 is 1.03 bits per heavy atom. The van der Waals surface area contributed by atoms with E-state index in [0.717, 1.165) is 41.1 Å². The van der Waals surface area contributed by atoms with Gasteiger partial charge in [-0.25, -0.2) is 0 Å². The molecule has 1 spiro atoms. The summed E-state index contributed by atoms with van der Waals surface area (Å²) in [7, 11) is 1.91. The molecule has 0 saturated carbocycles. The van der Waals surface area contributed by atoms with Gasteiger partial charge in [-0.15, -0.1) is 0 Å². The summed E-state index contributed by atoms with van der Waals surface area (Å²) in [5, 5.41) is 2.88. The zero-order valence-corrected chi connectivity index (χ0v) is 17.3. The van der Waals surface area contributed by atoms with Crippen molar-refractivity contribution in [3.05, 3.63) is 47.5 Å². The summed E-state index contributed by atoms with van der Waals surface area (Å²) in [5.41, 5.74) is 2.03. The molecule has 150 valence electrons. The highest BCUT2D eigenvalue weighted by Gasteiger charge is 2.45. The van der Waals surface area contributed by atoms with Gasteiger partial charge in [-0.3, -0.25) is 9.59 Å². The van der Waals surface area contributed by atoms with Crippen LogP contribution in [0.4, 0.5) is 0 Å². The molecule has 0 radical (unpaired) electrons. The Morgan fingerprint density at radius 2 is 1.76 bits per heavy atom. The number of hydrogen-bond acceptors (Lipinski definition) is 2. The van der Waals surface area contributed by atoms with Crippen molar-refractivity contribution >= 4 is 45.2 Å². The van der Waals surface area contributed by atoms with Crippen LogP contribution in [0.5, 0.6) is 0 Å². The van der Waals surface area contributed by atoms with Gasteiger partial charge in [0.05, 0.1) is 0 Å². The minimum Gasteiger partial charge on any atom is -0.341 e. The number of aromatic nitrogens is 1. The maximum atomic E-state index is 13.2. The fourth-order valence-corrected chi connectivity index (χ4v) is 5.30. The molecular weight excluding hydrogens is 386 g/mol. The topological polar surface area (TPSA) is 45.6 Å². The summed E-state index contributed by atoms with van der Waals surface area (Å²) in [6.45, 7) is 1.73. The van der Waals surface area contributed by atoms with Crippen LogP contribution in [0.2, 0.25) is 5.02 Å². The first-order chi connectivity index (χ1) is 14.0. The highest BCUT2D eigenvalue weighted by Crippen LogP contribution is 2.38. The Kier molecular flexibility index (Phi) is 4.32.